The number of nitrogens with zero attached hydrogens (tertiary/aromatic N) is 4. The van der Waals surface area contributed by atoms with Gasteiger partial charge in [0.2, 0.25) is 5.91 Å². The van der Waals surface area contributed by atoms with Gasteiger partial charge in [-0.05, 0) is 26.0 Å². The SMILES string of the molecule is Cc1nccc2c1S(=O)(=O)N(CC(=O)N[C@H](C)c1cc(C#N)c(F)cn1)C(=O)N2. The van der Waals surface area contributed by atoms with Crippen LogP contribution in [0.3, 0.4) is 0 Å². The molecule has 3 amide bonds. The summed E-state index contributed by atoms with van der Waals surface area (Å²) in [6.07, 6.45) is 2.21. The minimum absolute atomic E-state index is 0.0899. The third-order valence-corrected chi connectivity index (χ3v) is 6.11. The number of rotatable bonds is 4. The average molecular weight is 418 g/mol. The molecule has 1 aliphatic heterocycles. The molecule has 150 valence electrons. The third-order valence-electron chi connectivity index (χ3n) is 4.20. The van der Waals surface area contributed by atoms with Crippen molar-refractivity contribution in [3.8, 4) is 6.07 Å². The Hall–Kier alpha value is -3.59. The maximum atomic E-state index is 13.4. The Morgan fingerprint density at radius 3 is 2.86 bits per heavy atom. The molecule has 0 fully saturated rings. The summed E-state index contributed by atoms with van der Waals surface area (Å²) in [4.78, 5) is 32.2. The number of aromatic nitrogens is 2. The Bertz CT molecular complexity index is 1160. The number of aryl methyl sites for hydroxylation is 1. The highest BCUT2D eigenvalue weighted by atomic mass is 32.2. The number of pyridine rings is 2. The lowest BCUT2D eigenvalue weighted by Crippen LogP contribution is -2.49. The number of anilines is 1. The van der Waals surface area contributed by atoms with Crippen LogP contribution in [0.1, 0.15) is 29.9 Å². The average Bonchev–Trinajstić information content (AvgIpc) is 2.65. The van der Waals surface area contributed by atoms with Crippen molar-refractivity contribution in [1.29, 1.82) is 5.26 Å². The summed E-state index contributed by atoms with van der Waals surface area (Å²) in [5.41, 5.74) is 0.231. The van der Waals surface area contributed by atoms with E-state index in [4.69, 9.17) is 5.26 Å². The van der Waals surface area contributed by atoms with Gasteiger partial charge >= 0.3 is 6.03 Å². The molecule has 29 heavy (non-hydrogen) atoms. The third kappa shape index (κ3) is 3.72. The highest BCUT2D eigenvalue weighted by molar-refractivity contribution is 7.90. The molecule has 0 bridgehead atoms. The Kier molecular flexibility index (Phi) is 5.17. The van der Waals surface area contributed by atoms with Crippen LogP contribution in [0.5, 0.6) is 0 Å². The van der Waals surface area contributed by atoms with Crippen molar-refractivity contribution in [2.45, 2.75) is 24.8 Å². The van der Waals surface area contributed by atoms with Crippen molar-refractivity contribution in [2.24, 2.45) is 0 Å². The lowest BCUT2D eigenvalue weighted by molar-refractivity contribution is -0.121. The molecule has 0 aromatic carbocycles. The molecule has 3 rings (SSSR count). The standard InChI is InChI=1S/C17H15FN6O4S/c1-9(14-5-11(6-19)12(18)7-21-14)22-15(25)8-24-17(26)23-13-3-4-20-10(2)16(13)29(24,27)28/h3-5,7,9H,8H2,1-2H3,(H,22,25)(H,23,26)/t9-/m1/s1. The fraction of sp³-hybridized carbons (Fsp3) is 0.235. The molecule has 2 aromatic rings. The molecule has 1 aliphatic rings. The minimum Gasteiger partial charge on any atom is -0.346 e. The van der Waals surface area contributed by atoms with Crippen LogP contribution in [0.15, 0.2) is 29.4 Å². The van der Waals surface area contributed by atoms with Gasteiger partial charge in [0.1, 0.15) is 17.5 Å². The van der Waals surface area contributed by atoms with Crippen molar-refractivity contribution in [3.05, 3.63) is 47.3 Å². The summed E-state index contributed by atoms with van der Waals surface area (Å²) in [5.74, 6) is -1.58. The quantitative estimate of drug-likeness (QED) is 0.759. The van der Waals surface area contributed by atoms with E-state index in [1.165, 1.54) is 32.2 Å². The van der Waals surface area contributed by atoms with Gasteiger partial charge in [-0.2, -0.15) is 5.26 Å². The topological polar surface area (TPSA) is 145 Å². The summed E-state index contributed by atoms with van der Waals surface area (Å²) in [5, 5.41) is 13.8. The number of amides is 3. The maximum Gasteiger partial charge on any atom is 0.336 e. The van der Waals surface area contributed by atoms with E-state index in [0.29, 0.717) is 4.31 Å². The Morgan fingerprint density at radius 2 is 2.17 bits per heavy atom. The fourth-order valence-corrected chi connectivity index (χ4v) is 4.39. The number of hydrogen-bond donors (Lipinski definition) is 2. The molecular formula is C17H15FN6O4S. The number of fused-ring (bicyclic) bond motifs is 1. The van der Waals surface area contributed by atoms with Crippen LogP contribution in [0.2, 0.25) is 0 Å². The number of nitriles is 1. The summed E-state index contributed by atoms with van der Waals surface area (Å²) >= 11 is 0. The molecule has 0 saturated carbocycles. The van der Waals surface area contributed by atoms with Gasteiger partial charge in [-0.1, -0.05) is 0 Å². The van der Waals surface area contributed by atoms with Crippen molar-refractivity contribution in [2.75, 3.05) is 11.9 Å². The molecule has 2 N–H and O–H groups in total. The van der Waals surface area contributed by atoms with Crippen molar-refractivity contribution in [3.63, 3.8) is 0 Å². The first kappa shape index (κ1) is 20.2. The van der Waals surface area contributed by atoms with Gasteiger partial charge in [0.15, 0.2) is 5.82 Å². The molecule has 0 saturated heterocycles. The number of sulfonamides is 1. The number of urea groups is 1. The molecule has 3 heterocycles. The van der Waals surface area contributed by atoms with E-state index in [-0.39, 0.29) is 27.5 Å². The van der Waals surface area contributed by atoms with E-state index in [9.17, 15) is 22.4 Å². The van der Waals surface area contributed by atoms with Crippen LogP contribution in [0.4, 0.5) is 14.9 Å². The van der Waals surface area contributed by atoms with E-state index in [1.54, 1.807) is 6.07 Å². The Morgan fingerprint density at radius 1 is 1.45 bits per heavy atom. The van der Waals surface area contributed by atoms with Crippen molar-refractivity contribution < 1.29 is 22.4 Å². The van der Waals surface area contributed by atoms with Crippen LogP contribution in [0.25, 0.3) is 0 Å². The predicted molar refractivity (Wildman–Crippen MR) is 97.4 cm³/mol. The fourth-order valence-electron chi connectivity index (χ4n) is 2.80. The normalized spacial score (nSPS) is 15.7. The van der Waals surface area contributed by atoms with Gasteiger partial charge in [-0.15, -0.1) is 0 Å². The monoisotopic (exact) mass is 418 g/mol. The van der Waals surface area contributed by atoms with Crippen LogP contribution >= 0.6 is 0 Å². The lowest BCUT2D eigenvalue weighted by atomic mass is 10.1. The number of carbonyl (C=O) groups is 2. The van der Waals surface area contributed by atoms with Gasteiger partial charge in [0.25, 0.3) is 10.0 Å². The maximum absolute atomic E-state index is 13.4. The van der Waals surface area contributed by atoms with Crippen molar-refractivity contribution >= 4 is 27.6 Å². The first-order chi connectivity index (χ1) is 13.6. The van der Waals surface area contributed by atoms with Gasteiger partial charge in [0, 0.05) is 6.20 Å². The van der Waals surface area contributed by atoms with Gasteiger partial charge in [-0.3, -0.25) is 14.8 Å². The van der Waals surface area contributed by atoms with E-state index in [1.807, 2.05) is 0 Å². The van der Waals surface area contributed by atoms with Crippen LogP contribution < -0.4 is 10.6 Å². The molecule has 0 radical (unpaired) electrons. The van der Waals surface area contributed by atoms with E-state index in [2.05, 4.69) is 20.6 Å². The van der Waals surface area contributed by atoms with Crippen LogP contribution in [0, 0.1) is 24.1 Å². The molecular weight excluding hydrogens is 403 g/mol. The Balaban J connectivity index is 1.79. The highest BCUT2D eigenvalue weighted by Crippen LogP contribution is 2.31. The lowest BCUT2D eigenvalue weighted by Gasteiger charge is -2.29. The predicted octanol–water partition coefficient (Wildman–Crippen LogP) is 1.21. The highest BCUT2D eigenvalue weighted by Gasteiger charge is 2.39. The molecule has 2 aromatic heterocycles. The summed E-state index contributed by atoms with van der Waals surface area (Å²) in [6.45, 7) is 2.22. The summed E-state index contributed by atoms with van der Waals surface area (Å²) < 4.78 is 39.4. The summed E-state index contributed by atoms with van der Waals surface area (Å²) in [6, 6.07) is 2.46. The van der Waals surface area contributed by atoms with Gasteiger partial charge in [0.05, 0.1) is 34.9 Å². The number of hydrogen-bond acceptors (Lipinski definition) is 7. The number of halogens is 1. The molecule has 1 atom stereocenters. The van der Waals surface area contributed by atoms with Gasteiger partial charge in [-0.25, -0.2) is 21.9 Å². The number of carbonyl (C=O) groups excluding carboxylic acids is 2. The zero-order valence-corrected chi connectivity index (χ0v) is 16.1. The largest absolute Gasteiger partial charge is 0.346 e. The van der Waals surface area contributed by atoms with E-state index >= 15 is 0 Å². The molecule has 0 spiro atoms. The zero-order valence-electron chi connectivity index (χ0n) is 15.3. The second-order valence-electron chi connectivity index (χ2n) is 6.20. The Labute approximate surface area is 165 Å². The van der Waals surface area contributed by atoms with Crippen LogP contribution in [-0.4, -0.2) is 41.2 Å². The first-order valence-corrected chi connectivity index (χ1v) is 9.73. The van der Waals surface area contributed by atoms with Crippen LogP contribution in [-0.2, 0) is 14.8 Å². The molecule has 10 nitrogen and oxygen atoms in total. The molecule has 0 unspecified atom stereocenters. The van der Waals surface area contributed by atoms with Crippen molar-refractivity contribution in [1.82, 2.24) is 19.6 Å². The second-order valence-corrected chi connectivity index (χ2v) is 8.00. The second kappa shape index (κ2) is 7.44. The zero-order chi connectivity index (χ0) is 21.3. The summed E-state index contributed by atoms with van der Waals surface area (Å²) in [7, 11) is -4.28. The number of nitrogens with one attached hydrogen (secondary N) is 2. The van der Waals surface area contributed by atoms with E-state index in [0.717, 1.165) is 6.20 Å². The molecule has 12 heteroatoms. The first-order valence-electron chi connectivity index (χ1n) is 8.29. The molecule has 0 aliphatic carbocycles. The van der Waals surface area contributed by atoms with Gasteiger partial charge < -0.3 is 10.6 Å². The minimum atomic E-state index is -4.28. The van der Waals surface area contributed by atoms with E-state index < -0.39 is 40.4 Å². The smallest absolute Gasteiger partial charge is 0.336 e.